The maximum absolute atomic E-state index is 13.1. The van der Waals surface area contributed by atoms with Gasteiger partial charge in [0.25, 0.3) is 5.91 Å². The average molecular weight is 402 g/mol. The number of hydrogen-bond acceptors (Lipinski definition) is 6. The van der Waals surface area contributed by atoms with E-state index in [1.54, 1.807) is 29.2 Å². The molecule has 3 rings (SSSR count). The molecule has 0 N–H and O–H groups in total. The molecule has 8 heteroatoms. The SMILES string of the molecule is COc1ccc(C(=O)OCC(=O)N2CCN(c3ccc(F)cc3)CC2)c(OC)c1. The predicted octanol–water partition coefficient (Wildman–Crippen LogP) is 2.35. The summed E-state index contributed by atoms with van der Waals surface area (Å²) in [7, 11) is 2.96. The third-order valence-electron chi connectivity index (χ3n) is 4.78. The minimum absolute atomic E-state index is 0.224. The van der Waals surface area contributed by atoms with E-state index in [0.29, 0.717) is 37.7 Å². The largest absolute Gasteiger partial charge is 0.497 e. The van der Waals surface area contributed by atoms with Crippen LogP contribution in [0.2, 0.25) is 0 Å². The van der Waals surface area contributed by atoms with Crippen LogP contribution in [-0.2, 0) is 9.53 Å². The lowest BCUT2D eigenvalue weighted by molar-refractivity contribution is -0.134. The van der Waals surface area contributed by atoms with Gasteiger partial charge < -0.3 is 24.0 Å². The van der Waals surface area contributed by atoms with Crippen LogP contribution in [0.3, 0.4) is 0 Å². The Kier molecular flexibility index (Phi) is 6.54. The highest BCUT2D eigenvalue weighted by Crippen LogP contribution is 2.25. The number of carbonyl (C=O) groups excluding carboxylic acids is 2. The van der Waals surface area contributed by atoms with Gasteiger partial charge in [-0.05, 0) is 36.4 Å². The van der Waals surface area contributed by atoms with E-state index in [4.69, 9.17) is 14.2 Å². The first kappa shape index (κ1) is 20.4. The van der Waals surface area contributed by atoms with Crippen molar-refractivity contribution in [2.24, 2.45) is 0 Å². The van der Waals surface area contributed by atoms with Gasteiger partial charge >= 0.3 is 5.97 Å². The Morgan fingerprint density at radius 3 is 2.28 bits per heavy atom. The van der Waals surface area contributed by atoms with Crippen molar-refractivity contribution < 1.29 is 28.2 Å². The van der Waals surface area contributed by atoms with E-state index < -0.39 is 5.97 Å². The van der Waals surface area contributed by atoms with Crippen molar-refractivity contribution in [2.75, 3.05) is 51.9 Å². The van der Waals surface area contributed by atoms with Gasteiger partial charge in [-0.1, -0.05) is 0 Å². The number of carbonyl (C=O) groups is 2. The summed E-state index contributed by atoms with van der Waals surface area (Å²) in [5.41, 5.74) is 1.14. The fraction of sp³-hybridized carbons (Fsp3) is 0.333. The average Bonchev–Trinajstić information content (AvgIpc) is 2.77. The highest BCUT2D eigenvalue weighted by molar-refractivity contribution is 5.94. The zero-order valence-electron chi connectivity index (χ0n) is 16.4. The number of ether oxygens (including phenoxy) is 3. The third kappa shape index (κ3) is 4.96. The van der Waals surface area contributed by atoms with Crippen molar-refractivity contribution in [1.82, 2.24) is 4.90 Å². The summed E-state index contributed by atoms with van der Waals surface area (Å²) in [6, 6.07) is 11.0. The van der Waals surface area contributed by atoms with E-state index in [-0.39, 0.29) is 23.9 Å². The quantitative estimate of drug-likeness (QED) is 0.691. The van der Waals surface area contributed by atoms with Crippen molar-refractivity contribution >= 4 is 17.6 Å². The molecule has 1 aliphatic heterocycles. The second-order valence-electron chi connectivity index (χ2n) is 6.49. The van der Waals surface area contributed by atoms with Gasteiger partial charge in [-0.3, -0.25) is 4.79 Å². The number of halogens is 1. The molecule has 1 fully saturated rings. The Bertz CT molecular complexity index is 864. The Morgan fingerprint density at radius 2 is 1.66 bits per heavy atom. The Balaban J connectivity index is 1.51. The number of nitrogens with zero attached hydrogens (tertiary/aromatic N) is 2. The smallest absolute Gasteiger partial charge is 0.342 e. The highest BCUT2D eigenvalue weighted by Gasteiger charge is 2.23. The van der Waals surface area contributed by atoms with Gasteiger partial charge in [0.2, 0.25) is 0 Å². The lowest BCUT2D eigenvalue weighted by Gasteiger charge is -2.36. The number of methoxy groups -OCH3 is 2. The van der Waals surface area contributed by atoms with Gasteiger partial charge in [0.15, 0.2) is 6.61 Å². The number of amides is 1. The second-order valence-corrected chi connectivity index (χ2v) is 6.49. The number of hydrogen-bond donors (Lipinski definition) is 0. The molecule has 0 spiro atoms. The molecule has 0 aromatic heterocycles. The molecule has 1 amide bonds. The molecule has 2 aromatic carbocycles. The van der Waals surface area contributed by atoms with E-state index in [9.17, 15) is 14.0 Å². The van der Waals surface area contributed by atoms with E-state index in [2.05, 4.69) is 4.90 Å². The van der Waals surface area contributed by atoms with Gasteiger partial charge in [-0.25, -0.2) is 9.18 Å². The Morgan fingerprint density at radius 1 is 0.966 bits per heavy atom. The standard InChI is InChI=1S/C21H23FN2O5/c1-27-17-7-8-18(19(13-17)28-2)21(26)29-14-20(25)24-11-9-23(10-12-24)16-5-3-15(22)4-6-16/h3-8,13H,9-12,14H2,1-2H3. The summed E-state index contributed by atoms with van der Waals surface area (Å²) in [6.07, 6.45) is 0. The molecule has 0 saturated carbocycles. The summed E-state index contributed by atoms with van der Waals surface area (Å²) in [5.74, 6) is -0.312. The van der Waals surface area contributed by atoms with Gasteiger partial charge in [0.05, 0.1) is 14.2 Å². The molecule has 1 aliphatic rings. The van der Waals surface area contributed by atoms with Crippen LogP contribution in [0.4, 0.5) is 10.1 Å². The topological polar surface area (TPSA) is 68.3 Å². The summed E-state index contributed by atoms with van der Waals surface area (Å²) in [5, 5.41) is 0. The summed E-state index contributed by atoms with van der Waals surface area (Å²) >= 11 is 0. The Labute approximate surface area is 168 Å². The van der Waals surface area contributed by atoms with Crippen molar-refractivity contribution in [3.8, 4) is 11.5 Å². The minimum Gasteiger partial charge on any atom is -0.497 e. The summed E-state index contributed by atoms with van der Waals surface area (Å²) in [6.45, 7) is 1.90. The molecule has 0 unspecified atom stereocenters. The monoisotopic (exact) mass is 402 g/mol. The number of anilines is 1. The van der Waals surface area contributed by atoms with Crippen LogP contribution in [0, 0.1) is 5.82 Å². The molecule has 1 saturated heterocycles. The zero-order valence-corrected chi connectivity index (χ0v) is 16.4. The van der Waals surface area contributed by atoms with Crippen LogP contribution in [-0.4, -0.2) is 63.8 Å². The van der Waals surface area contributed by atoms with E-state index in [1.165, 1.54) is 32.4 Å². The Hall–Kier alpha value is -3.29. The number of rotatable bonds is 6. The zero-order chi connectivity index (χ0) is 20.8. The third-order valence-corrected chi connectivity index (χ3v) is 4.78. The van der Waals surface area contributed by atoms with Gasteiger partial charge in [-0.2, -0.15) is 0 Å². The summed E-state index contributed by atoms with van der Waals surface area (Å²) < 4.78 is 28.5. The molecule has 0 radical (unpaired) electrons. The fourth-order valence-corrected chi connectivity index (χ4v) is 3.13. The van der Waals surface area contributed by atoms with Crippen LogP contribution in [0.25, 0.3) is 0 Å². The van der Waals surface area contributed by atoms with Crippen LogP contribution in [0.15, 0.2) is 42.5 Å². The van der Waals surface area contributed by atoms with Gasteiger partial charge in [0.1, 0.15) is 22.9 Å². The van der Waals surface area contributed by atoms with Crippen molar-refractivity contribution in [3.05, 3.63) is 53.8 Å². The van der Waals surface area contributed by atoms with E-state index >= 15 is 0 Å². The number of piperazine rings is 1. The van der Waals surface area contributed by atoms with E-state index in [1.807, 2.05) is 0 Å². The van der Waals surface area contributed by atoms with Crippen molar-refractivity contribution in [1.29, 1.82) is 0 Å². The molecule has 2 aromatic rings. The maximum atomic E-state index is 13.1. The fourth-order valence-electron chi connectivity index (χ4n) is 3.13. The van der Waals surface area contributed by atoms with Crippen LogP contribution in [0.1, 0.15) is 10.4 Å². The van der Waals surface area contributed by atoms with Crippen LogP contribution >= 0.6 is 0 Å². The molecule has 7 nitrogen and oxygen atoms in total. The van der Waals surface area contributed by atoms with Crippen molar-refractivity contribution in [3.63, 3.8) is 0 Å². The number of benzene rings is 2. The van der Waals surface area contributed by atoms with Gasteiger partial charge in [-0.15, -0.1) is 0 Å². The van der Waals surface area contributed by atoms with Gasteiger partial charge in [0, 0.05) is 37.9 Å². The summed E-state index contributed by atoms with van der Waals surface area (Å²) in [4.78, 5) is 28.5. The molecule has 0 aliphatic carbocycles. The molecule has 29 heavy (non-hydrogen) atoms. The molecule has 0 bridgehead atoms. The molecule has 1 heterocycles. The highest BCUT2D eigenvalue weighted by atomic mass is 19.1. The molecular weight excluding hydrogens is 379 g/mol. The minimum atomic E-state index is -0.636. The number of esters is 1. The first-order valence-electron chi connectivity index (χ1n) is 9.19. The lowest BCUT2D eigenvalue weighted by Crippen LogP contribution is -2.49. The molecule has 154 valence electrons. The lowest BCUT2D eigenvalue weighted by atomic mass is 10.2. The predicted molar refractivity (Wildman–Crippen MR) is 105 cm³/mol. The normalized spacial score (nSPS) is 13.8. The first-order chi connectivity index (χ1) is 14.0. The first-order valence-corrected chi connectivity index (χ1v) is 9.19. The second kappa shape index (κ2) is 9.27. The van der Waals surface area contributed by atoms with Crippen LogP contribution in [0.5, 0.6) is 11.5 Å². The van der Waals surface area contributed by atoms with E-state index in [0.717, 1.165) is 5.69 Å². The van der Waals surface area contributed by atoms with Crippen LogP contribution < -0.4 is 14.4 Å². The van der Waals surface area contributed by atoms with Crippen molar-refractivity contribution in [2.45, 2.75) is 0 Å². The molecule has 0 atom stereocenters. The molecular formula is C21H23FN2O5. The maximum Gasteiger partial charge on any atom is 0.342 e.